The van der Waals surface area contributed by atoms with Crippen LogP contribution in [0, 0.1) is 0 Å². The van der Waals surface area contributed by atoms with Gasteiger partial charge in [-0.25, -0.2) is 0 Å². The highest BCUT2D eigenvalue weighted by Crippen LogP contribution is 2.05. The SMILES string of the molecule is O=C(O)CCCNC1CCCNC(=O)C1. The van der Waals surface area contributed by atoms with Gasteiger partial charge in [0, 0.05) is 25.4 Å². The summed E-state index contributed by atoms with van der Waals surface area (Å²) in [7, 11) is 0. The smallest absolute Gasteiger partial charge is 0.303 e. The average molecular weight is 214 g/mol. The molecule has 0 bridgehead atoms. The molecule has 0 radical (unpaired) electrons. The van der Waals surface area contributed by atoms with Crippen molar-refractivity contribution in [2.75, 3.05) is 13.1 Å². The lowest BCUT2D eigenvalue weighted by molar-refractivity contribution is -0.137. The molecule has 1 rings (SSSR count). The van der Waals surface area contributed by atoms with Gasteiger partial charge in [0.25, 0.3) is 0 Å². The minimum absolute atomic E-state index is 0.0863. The Labute approximate surface area is 89.2 Å². The Balaban J connectivity index is 2.13. The molecular weight excluding hydrogens is 196 g/mol. The molecule has 0 aromatic heterocycles. The van der Waals surface area contributed by atoms with E-state index in [0.717, 1.165) is 19.4 Å². The quantitative estimate of drug-likeness (QED) is 0.568. The molecule has 15 heavy (non-hydrogen) atoms. The highest BCUT2D eigenvalue weighted by molar-refractivity contribution is 5.76. The number of hydrogen-bond acceptors (Lipinski definition) is 3. The summed E-state index contributed by atoms with van der Waals surface area (Å²) in [5.41, 5.74) is 0. The van der Waals surface area contributed by atoms with Gasteiger partial charge < -0.3 is 15.7 Å². The van der Waals surface area contributed by atoms with Crippen LogP contribution < -0.4 is 10.6 Å². The summed E-state index contributed by atoms with van der Waals surface area (Å²) in [6.45, 7) is 1.43. The maximum Gasteiger partial charge on any atom is 0.303 e. The van der Waals surface area contributed by atoms with Gasteiger partial charge in [-0.05, 0) is 25.8 Å². The third-order valence-electron chi connectivity index (χ3n) is 2.48. The van der Waals surface area contributed by atoms with E-state index < -0.39 is 5.97 Å². The normalized spacial score (nSPS) is 21.9. The van der Waals surface area contributed by atoms with E-state index in [4.69, 9.17) is 5.11 Å². The number of carbonyl (C=O) groups is 2. The largest absolute Gasteiger partial charge is 0.481 e. The molecular formula is C10H18N2O3. The van der Waals surface area contributed by atoms with Crippen LogP contribution in [0.25, 0.3) is 0 Å². The van der Waals surface area contributed by atoms with E-state index in [1.54, 1.807) is 0 Å². The second-order valence-electron chi connectivity index (χ2n) is 3.84. The Kier molecular flexibility index (Phi) is 5.10. The lowest BCUT2D eigenvalue weighted by Crippen LogP contribution is -2.33. The first-order chi connectivity index (χ1) is 7.18. The van der Waals surface area contributed by atoms with Crippen molar-refractivity contribution in [1.82, 2.24) is 10.6 Å². The van der Waals surface area contributed by atoms with Crippen LogP contribution in [0.3, 0.4) is 0 Å². The summed E-state index contributed by atoms with van der Waals surface area (Å²) >= 11 is 0. The molecule has 1 atom stereocenters. The van der Waals surface area contributed by atoms with Crippen LogP contribution in [0.5, 0.6) is 0 Å². The van der Waals surface area contributed by atoms with E-state index in [9.17, 15) is 9.59 Å². The minimum Gasteiger partial charge on any atom is -0.481 e. The molecule has 1 fully saturated rings. The van der Waals surface area contributed by atoms with Crippen LogP contribution in [0.2, 0.25) is 0 Å². The number of carboxylic acid groups (broad SMARTS) is 1. The van der Waals surface area contributed by atoms with Crippen molar-refractivity contribution in [3.63, 3.8) is 0 Å². The second kappa shape index (κ2) is 6.40. The van der Waals surface area contributed by atoms with Crippen molar-refractivity contribution in [2.45, 2.75) is 38.1 Å². The third kappa shape index (κ3) is 5.37. The van der Waals surface area contributed by atoms with E-state index in [2.05, 4.69) is 10.6 Å². The first-order valence-corrected chi connectivity index (χ1v) is 5.40. The van der Waals surface area contributed by atoms with E-state index in [0.29, 0.717) is 19.4 Å². The van der Waals surface area contributed by atoms with Crippen LogP contribution in [-0.4, -0.2) is 36.1 Å². The molecule has 0 aromatic rings. The molecule has 0 spiro atoms. The fraction of sp³-hybridized carbons (Fsp3) is 0.800. The van der Waals surface area contributed by atoms with Gasteiger partial charge in [0.2, 0.25) is 5.91 Å². The van der Waals surface area contributed by atoms with E-state index >= 15 is 0 Å². The summed E-state index contributed by atoms with van der Waals surface area (Å²) in [5, 5.41) is 14.5. The lowest BCUT2D eigenvalue weighted by atomic mass is 10.1. The molecule has 0 aromatic carbocycles. The van der Waals surface area contributed by atoms with Crippen molar-refractivity contribution in [2.24, 2.45) is 0 Å². The van der Waals surface area contributed by atoms with Crippen molar-refractivity contribution in [3.05, 3.63) is 0 Å². The van der Waals surface area contributed by atoms with Crippen LogP contribution in [0.4, 0.5) is 0 Å². The van der Waals surface area contributed by atoms with Crippen LogP contribution >= 0.6 is 0 Å². The Bertz CT molecular complexity index is 231. The zero-order chi connectivity index (χ0) is 11.1. The maximum atomic E-state index is 11.2. The van der Waals surface area contributed by atoms with Crippen molar-refractivity contribution < 1.29 is 14.7 Å². The van der Waals surface area contributed by atoms with Gasteiger partial charge in [0.15, 0.2) is 0 Å². The summed E-state index contributed by atoms with van der Waals surface area (Å²) in [5.74, 6) is -0.682. The average Bonchev–Trinajstić information content (AvgIpc) is 2.37. The summed E-state index contributed by atoms with van der Waals surface area (Å²) in [6.07, 6.45) is 3.28. The number of carboxylic acids is 1. The second-order valence-corrected chi connectivity index (χ2v) is 3.84. The molecule has 1 saturated heterocycles. The van der Waals surface area contributed by atoms with Gasteiger partial charge in [0.1, 0.15) is 0 Å². The van der Waals surface area contributed by atoms with Crippen LogP contribution in [0.15, 0.2) is 0 Å². The number of amides is 1. The highest BCUT2D eigenvalue weighted by atomic mass is 16.4. The van der Waals surface area contributed by atoms with E-state index in [-0.39, 0.29) is 18.4 Å². The maximum absolute atomic E-state index is 11.2. The Morgan fingerprint density at radius 3 is 3.13 bits per heavy atom. The number of carbonyl (C=O) groups excluding carboxylic acids is 1. The number of nitrogens with one attached hydrogen (secondary N) is 2. The zero-order valence-electron chi connectivity index (χ0n) is 8.79. The molecule has 0 aliphatic carbocycles. The van der Waals surface area contributed by atoms with Crippen LogP contribution in [0.1, 0.15) is 32.1 Å². The fourth-order valence-electron chi connectivity index (χ4n) is 1.69. The molecule has 0 saturated carbocycles. The van der Waals surface area contributed by atoms with E-state index in [1.165, 1.54) is 0 Å². The molecule has 1 aliphatic rings. The highest BCUT2D eigenvalue weighted by Gasteiger charge is 2.16. The molecule has 1 aliphatic heterocycles. The molecule has 86 valence electrons. The Morgan fingerprint density at radius 2 is 2.40 bits per heavy atom. The predicted molar refractivity (Wildman–Crippen MR) is 55.5 cm³/mol. The van der Waals surface area contributed by atoms with Gasteiger partial charge in [-0.2, -0.15) is 0 Å². The molecule has 1 unspecified atom stereocenters. The lowest BCUT2D eigenvalue weighted by Gasteiger charge is -2.14. The van der Waals surface area contributed by atoms with Crippen LogP contribution in [-0.2, 0) is 9.59 Å². The Morgan fingerprint density at radius 1 is 1.60 bits per heavy atom. The molecule has 5 heteroatoms. The number of rotatable bonds is 5. The first-order valence-electron chi connectivity index (χ1n) is 5.40. The predicted octanol–water partition coefficient (Wildman–Crippen LogP) is 0.109. The number of hydrogen-bond donors (Lipinski definition) is 3. The third-order valence-corrected chi connectivity index (χ3v) is 2.48. The molecule has 5 nitrogen and oxygen atoms in total. The first kappa shape index (κ1) is 12.0. The monoisotopic (exact) mass is 214 g/mol. The van der Waals surface area contributed by atoms with Crippen molar-refractivity contribution >= 4 is 11.9 Å². The number of aliphatic carboxylic acids is 1. The van der Waals surface area contributed by atoms with Gasteiger partial charge >= 0.3 is 5.97 Å². The standard InChI is InChI=1S/C10H18N2O3/c13-9-7-8(3-1-6-12-9)11-5-2-4-10(14)15/h8,11H,1-7H2,(H,12,13)(H,14,15). The van der Waals surface area contributed by atoms with Gasteiger partial charge in [-0.1, -0.05) is 0 Å². The molecule has 1 heterocycles. The Hall–Kier alpha value is -1.10. The molecule has 1 amide bonds. The van der Waals surface area contributed by atoms with Gasteiger partial charge in [-0.15, -0.1) is 0 Å². The summed E-state index contributed by atoms with van der Waals surface area (Å²) in [4.78, 5) is 21.5. The summed E-state index contributed by atoms with van der Waals surface area (Å²) < 4.78 is 0. The fourth-order valence-corrected chi connectivity index (χ4v) is 1.69. The van der Waals surface area contributed by atoms with Crippen molar-refractivity contribution in [1.29, 1.82) is 0 Å². The van der Waals surface area contributed by atoms with Gasteiger partial charge in [-0.3, -0.25) is 9.59 Å². The summed E-state index contributed by atoms with van der Waals surface area (Å²) in [6, 6.07) is 0.210. The molecule has 3 N–H and O–H groups in total. The van der Waals surface area contributed by atoms with E-state index in [1.807, 2.05) is 0 Å². The van der Waals surface area contributed by atoms with Crippen molar-refractivity contribution in [3.8, 4) is 0 Å². The van der Waals surface area contributed by atoms with Gasteiger partial charge in [0.05, 0.1) is 0 Å². The zero-order valence-corrected chi connectivity index (χ0v) is 8.79. The minimum atomic E-state index is -0.768. The topological polar surface area (TPSA) is 78.4 Å².